The minimum atomic E-state index is 0.0642. The molecular weight excluding hydrogens is 200 g/mol. The van der Waals surface area contributed by atoms with Gasteiger partial charge < -0.3 is 0 Å². The van der Waals surface area contributed by atoms with E-state index in [4.69, 9.17) is 0 Å². The maximum atomic E-state index is 11.8. The van der Waals surface area contributed by atoms with Gasteiger partial charge in [0.05, 0.1) is 17.8 Å². The largest absolute Gasteiger partial charge is 0.272 e. The van der Waals surface area contributed by atoms with Crippen LogP contribution in [0.15, 0.2) is 29.4 Å². The van der Waals surface area contributed by atoms with Crippen LogP contribution in [0.1, 0.15) is 25.8 Å². The van der Waals surface area contributed by atoms with Crippen LogP contribution in [0, 0.1) is 12.8 Å². The SMILES string of the molecule is Cc1cccc(N2N=C(C(C)C)CC2=O)c1. The van der Waals surface area contributed by atoms with Gasteiger partial charge in [-0.3, -0.25) is 4.79 Å². The van der Waals surface area contributed by atoms with Gasteiger partial charge in [-0.2, -0.15) is 5.10 Å². The zero-order chi connectivity index (χ0) is 11.7. The molecule has 2 rings (SSSR count). The van der Waals surface area contributed by atoms with Gasteiger partial charge in [-0.1, -0.05) is 26.0 Å². The molecule has 1 aromatic rings. The van der Waals surface area contributed by atoms with Crippen LogP contribution in [-0.4, -0.2) is 11.6 Å². The van der Waals surface area contributed by atoms with E-state index in [9.17, 15) is 4.79 Å². The van der Waals surface area contributed by atoms with Gasteiger partial charge in [-0.15, -0.1) is 0 Å². The van der Waals surface area contributed by atoms with Gasteiger partial charge in [0.15, 0.2) is 0 Å². The number of hydrogen-bond donors (Lipinski definition) is 0. The highest BCUT2D eigenvalue weighted by Gasteiger charge is 2.26. The summed E-state index contributed by atoms with van der Waals surface area (Å²) in [6.07, 6.45) is 0.450. The predicted octanol–water partition coefficient (Wildman–Crippen LogP) is 2.74. The van der Waals surface area contributed by atoms with Gasteiger partial charge in [0, 0.05) is 0 Å². The Morgan fingerprint density at radius 3 is 2.69 bits per heavy atom. The first kappa shape index (κ1) is 10.9. The van der Waals surface area contributed by atoms with E-state index in [1.165, 1.54) is 5.01 Å². The van der Waals surface area contributed by atoms with E-state index in [1.807, 2.05) is 31.2 Å². The van der Waals surface area contributed by atoms with Gasteiger partial charge in [0.2, 0.25) is 0 Å². The molecule has 3 heteroatoms. The van der Waals surface area contributed by atoms with E-state index in [0.29, 0.717) is 12.3 Å². The second-order valence-corrected chi connectivity index (χ2v) is 4.47. The Hall–Kier alpha value is -1.64. The van der Waals surface area contributed by atoms with Crippen molar-refractivity contribution >= 4 is 17.3 Å². The smallest absolute Gasteiger partial charge is 0.253 e. The van der Waals surface area contributed by atoms with Crippen molar-refractivity contribution in [2.45, 2.75) is 27.2 Å². The van der Waals surface area contributed by atoms with Crippen LogP contribution in [0.3, 0.4) is 0 Å². The molecule has 0 fully saturated rings. The predicted molar refractivity (Wildman–Crippen MR) is 65.6 cm³/mol. The number of anilines is 1. The summed E-state index contributed by atoms with van der Waals surface area (Å²) in [5.74, 6) is 0.396. The number of aryl methyl sites for hydroxylation is 1. The third-order valence-electron chi connectivity index (χ3n) is 2.71. The Morgan fingerprint density at radius 2 is 2.12 bits per heavy atom. The molecule has 0 radical (unpaired) electrons. The molecule has 0 atom stereocenters. The monoisotopic (exact) mass is 216 g/mol. The summed E-state index contributed by atoms with van der Waals surface area (Å²) >= 11 is 0. The number of benzene rings is 1. The van der Waals surface area contributed by atoms with Crippen molar-refractivity contribution in [3.8, 4) is 0 Å². The first-order chi connectivity index (χ1) is 7.58. The van der Waals surface area contributed by atoms with Crippen molar-refractivity contribution in [3.05, 3.63) is 29.8 Å². The van der Waals surface area contributed by atoms with Crippen molar-refractivity contribution in [1.82, 2.24) is 0 Å². The fraction of sp³-hybridized carbons (Fsp3) is 0.385. The minimum Gasteiger partial charge on any atom is -0.272 e. The summed E-state index contributed by atoms with van der Waals surface area (Å²) < 4.78 is 0. The molecular formula is C13H16N2O. The van der Waals surface area contributed by atoms with Crippen molar-refractivity contribution in [1.29, 1.82) is 0 Å². The third-order valence-corrected chi connectivity index (χ3v) is 2.71. The van der Waals surface area contributed by atoms with Gasteiger partial charge in [0.25, 0.3) is 5.91 Å². The maximum absolute atomic E-state index is 11.8. The molecule has 3 nitrogen and oxygen atoms in total. The molecule has 84 valence electrons. The molecule has 1 aromatic carbocycles. The number of carbonyl (C=O) groups is 1. The van der Waals surface area contributed by atoms with E-state index in [2.05, 4.69) is 18.9 Å². The van der Waals surface area contributed by atoms with Gasteiger partial charge >= 0.3 is 0 Å². The van der Waals surface area contributed by atoms with E-state index in [0.717, 1.165) is 17.0 Å². The van der Waals surface area contributed by atoms with Crippen LogP contribution in [0.5, 0.6) is 0 Å². The highest BCUT2D eigenvalue weighted by Crippen LogP contribution is 2.23. The van der Waals surface area contributed by atoms with Crippen LogP contribution in [0.2, 0.25) is 0 Å². The number of amides is 1. The van der Waals surface area contributed by atoms with E-state index in [1.54, 1.807) is 0 Å². The summed E-state index contributed by atoms with van der Waals surface area (Å²) in [5, 5.41) is 5.90. The number of nitrogens with zero attached hydrogens (tertiary/aromatic N) is 2. The Bertz CT molecular complexity index is 449. The summed E-state index contributed by atoms with van der Waals surface area (Å²) in [5.41, 5.74) is 2.96. The lowest BCUT2D eigenvalue weighted by Crippen LogP contribution is -2.19. The average Bonchev–Trinajstić information content (AvgIpc) is 2.60. The third kappa shape index (κ3) is 1.98. The molecule has 0 saturated heterocycles. The normalized spacial score (nSPS) is 15.9. The van der Waals surface area contributed by atoms with Crippen molar-refractivity contribution in [3.63, 3.8) is 0 Å². The average molecular weight is 216 g/mol. The number of hydrogen-bond acceptors (Lipinski definition) is 2. The molecule has 0 aromatic heterocycles. The summed E-state index contributed by atoms with van der Waals surface area (Å²) in [4.78, 5) is 11.8. The van der Waals surface area contributed by atoms with Crippen LogP contribution < -0.4 is 5.01 Å². The fourth-order valence-corrected chi connectivity index (χ4v) is 1.73. The molecule has 0 aliphatic carbocycles. The lowest BCUT2D eigenvalue weighted by molar-refractivity contribution is -0.116. The second kappa shape index (κ2) is 4.08. The van der Waals surface area contributed by atoms with Crippen LogP contribution in [0.25, 0.3) is 0 Å². The topological polar surface area (TPSA) is 32.7 Å². The maximum Gasteiger partial charge on any atom is 0.253 e. The quantitative estimate of drug-likeness (QED) is 0.748. The van der Waals surface area contributed by atoms with Crippen molar-refractivity contribution in [2.24, 2.45) is 11.0 Å². The lowest BCUT2D eigenvalue weighted by Gasteiger charge is -2.11. The molecule has 0 unspecified atom stereocenters. The molecule has 1 aliphatic heterocycles. The number of carbonyl (C=O) groups excluding carboxylic acids is 1. The highest BCUT2D eigenvalue weighted by atomic mass is 16.2. The second-order valence-electron chi connectivity index (χ2n) is 4.47. The first-order valence-electron chi connectivity index (χ1n) is 5.55. The molecule has 16 heavy (non-hydrogen) atoms. The van der Waals surface area contributed by atoms with E-state index in [-0.39, 0.29) is 5.91 Å². The lowest BCUT2D eigenvalue weighted by atomic mass is 10.1. The fourth-order valence-electron chi connectivity index (χ4n) is 1.73. The van der Waals surface area contributed by atoms with E-state index < -0.39 is 0 Å². The summed E-state index contributed by atoms with van der Waals surface area (Å²) in [6, 6.07) is 7.85. The van der Waals surface area contributed by atoms with Gasteiger partial charge in [0.1, 0.15) is 0 Å². The number of rotatable bonds is 2. The molecule has 0 spiro atoms. The van der Waals surface area contributed by atoms with Crippen molar-refractivity contribution in [2.75, 3.05) is 5.01 Å². The van der Waals surface area contributed by atoms with E-state index >= 15 is 0 Å². The van der Waals surface area contributed by atoms with Crippen molar-refractivity contribution < 1.29 is 4.79 Å². The Balaban J connectivity index is 2.31. The molecule has 0 N–H and O–H groups in total. The first-order valence-corrected chi connectivity index (χ1v) is 5.55. The molecule has 1 amide bonds. The van der Waals surface area contributed by atoms with Crippen LogP contribution in [-0.2, 0) is 4.79 Å². The molecule has 0 saturated carbocycles. The molecule has 1 aliphatic rings. The summed E-state index contributed by atoms with van der Waals surface area (Å²) in [6.45, 7) is 6.13. The molecule has 0 bridgehead atoms. The van der Waals surface area contributed by atoms with Crippen LogP contribution in [0.4, 0.5) is 5.69 Å². The standard InChI is InChI=1S/C13H16N2O/c1-9(2)12-8-13(16)15(14-12)11-6-4-5-10(3)7-11/h4-7,9H,8H2,1-3H3. The minimum absolute atomic E-state index is 0.0642. The van der Waals surface area contributed by atoms with Crippen LogP contribution >= 0.6 is 0 Å². The Labute approximate surface area is 95.8 Å². The highest BCUT2D eigenvalue weighted by molar-refractivity contribution is 6.13. The zero-order valence-corrected chi connectivity index (χ0v) is 9.90. The summed E-state index contributed by atoms with van der Waals surface area (Å²) in [7, 11) is 0. The number of hydrazone groups is 1. The van der Waals surface area contributed by atoms with Gasteiger partial charge in [-0.05, 0) is 30.5 Å². The Kier molecular flexibility index (Phi) is 2.77. The van der Waals surface area contributed by atoms with Gasteiger partial charge in [-0.25, -0.2) is 5.01 Å². The molecule has 1 heterocycles. The zero-order valence-electron chi connectivity index (χ0n) is 9.90. The Morgan fingerprint density at radius 1 is 1.38 bits per heavy atom.